The third-order valence-electron chi connectivity index (χ3n) is 2.33. The van der Waals surface area contributed by atoms with Crippen molar-refractivity contribution < 1.29 is 9.90 Å². The molecule has 13 heavy (non-hydrogen) atoms. The summed E-state index contributed by atoms with van der Waals surface area (Å²) < 4.78 is 0. The van der Waals surface area contributed by atoms with Crippen LogP contribution in [0.5, 0.6) is 0 Å². The van der Waals surface area contributed by atoms with E-state index in [4.69, 9.17) is 5.11 Å². The summed E-state index contributed by atoms with van der Waals surface area (Å²) in [5.41, 5.74) is -0.380. The first-order valence-corrected chi connectivity index (χ1v) is 4.33. The molecule has 1 aliphatic carbocycles. The molecule has 0 spiro atoms. The summed E-state index contributed by atoms with van der Waals surface area (Å²) in [4.78, 5) is 10.9. The van der Waals surface area contributed by atoms with E-state index in [0.29, 0.717) is 0 Å². The van der Waals surface area contributed by atoms with Crippen LogP contribution in [0.2, 0.25) is 0 Å². The van der Waals surface area contributed by atoms with E-state index >= 15 is 0 Å². The van der Waals surface area contributed by atoms with Crippen molar-refractivity contribution >= 4 is 5.97 Å². The van der Waals surface area contributed by atoms with Crippen molar-refractivity contribution in [2.45, 2.75) is 13.8 Å². The number of allylic oxidation sites excluding steroid dienone is 5. The molecule has 0 heterocycles. The van der Waals surface area contributed by atoms with Gasteiger partial charge in [0.05, 0.1) is 5.92 Å². The van der Waals surface area contributed by atoms with Crippen LogP contribution >= 0.6 is 0 Å². The Morgan fingerprint density at radius 2 is 2.23 bits per heavy atom. The van der Waals surface area contributed by atoms with Gasteiger partial charge >= 0.3 is 5.97 Å². The second-order valence-corrected chi connectivity index (χ2v) is 3.43. The Balaban J connectivity index is 3.00. The zero-order chi connectivity index (χ0) is 9.90. The first-order chi connectivity index (χ1) is 6.10. The van der Waals surface area contributed by atoms with Gasteiger partial charge in [0.2, 0.25) is 0 Å². The Labute approximate surface area is 78.3 Å². The summed E-state index contributed by atoms with van der Waals surface area (Å²) in [6.45, 7) is 3.82. The van der Waals surface area contributed by atoms with Gasteiger partial charge in [-0.25, -0.2) is 0 Å². The molecule has 2 unspecified atom stereocenters. The van der Waals surface area contributed by atoms with Crippen molar-refractivity contribution in [3.05, 3.63) is 36.5 Å². The number of carbonyl (C=O) groups is 1. The second-order valence-electron chi connectivity index (χ2n) is 3.43. The number of hydrogen-bond donors (Lipinski definition) is 1. The molecule has 1 aliphatic rings. The minimum absolute atomic E-state index is 0.380. The van der Waals surface area contributed by atoms with Crippen molar-refractivity contribution in [3.63, 3.8) is 0 Å². The summed E-state index contributed by atoms with van der Waals surface area (Å²) >= 11 is 0. The molecule has 0 aromatic rings. The van der Waals surface area contributed by atoms with Crippen LogP contribution in [0.15, 0.2) is 36.5 Å². The summed E-state index contributed by atoms with van der Waals surface area (Å²) in [5.74, 6) is -1.23. The lowest BCUT2D eigenvalue weighted by Gasteiger charge is -2.29. The molecule has 0 amide bonds. The predicted octanol–water partition coefficient (Wildman–Crippen LogP) is 2.40. The van der Waals surface area contributed by atoms with Crippen LogP contribution in [-0.2, 0) is 4.79 Å². The average molecular weight is 178 g/mol. The number of rotatable bonds is 2. The Hall–Kier alpha value is -1.31. The molecule has 0 aromatic heterocycles. The van der Waals surface area contributed by atoms with Crippen molar-refractivity contribution in [3.8, 4) is 0 Å². The number of aliphatic carboxylic acids is 1. The molecule has 1 N–H and O–H groups in total. The third kappa shape index (κ3) is 1.89. The van der Waals surface area contributed by atoms with Crippen LogP contribution in [-0.4, -0.2) is 11.1 Å². The van der Waals surface area contributed by atoms with E-state index in [-0.39, 0.29) is 5.41 Å². The van der Waals surface area contributed by atoms with Crippen LogP contribution < -0.4 is 0 Å². The van der Waals surface area contributed by atoms with Gasteiger partial charge in [0, 0.05) is 5.41 Å². The Morgan fingerprint density at radius 1 is 1.54 bits per heavy atom. The second kappa shape index (κ2) is 3.60. The van der Waals surface area contributed by atoms with Gasteiger partial charge in [-0.15, -0.1) is 0 Å². The van der Waals surface area contributed by atoms with Gasteiger partial charge in [0.25, 0.3) is 0 Å². The fourth-order valence-corrected chi connectivity index (χ4v) is 1.62. The molecule has 0 saturated carbocycles. The molecule has 1 rings (SSSR count). The topological polar surface area (TPSA) is 37.3 Å². The van der Waals surface area contributed by atoms with Crippen LogP contribution in [0.4, 0.5) is 0 Å². The highest BCUT2D eigenvalue weighted by molar-refractivity contribution is 5.74. The minimum atomic E-state index is -0.777. The fraction of sp³-hybridized carbons (Fsp3) is 0.364. The lowest BCUT2D eigenvalue weighted by molar-refractivity contribution is -0.142. The first-order valence-electron chi connectivity index (χ1n) is 4.33. The fourth-order valence-electron chi connectivity index (χ4n) is 1.62. The summed E-state index contributed by atoms with van der Waals surface area (Å²) in [6.07, 6.45) is 11.1. The molecule has 0 aliphatic heterocycles. The molecule has 2 nitrogen and oxygen atoms in total. The zero-order valence-electron chi connectivity index (χ0n) is 7.90. The van der Waals surface area contributed by atoms with Crippen LogP contribution in [0.3, 0.4) is 0 Å². The van der Waals surface area contributed by atoms with E-state index in [0.717, 1.165) is 0 Å². The van der Waals surface area contributed by atoms with Gasteiger partial charge in [-0.1, -0.05) is 43.4 Å². The van der Waals surface area contributed by atoms with Gasteiger partial charge in [0.1, 0.15) is 0 Å². The smallest absolute Gasteiger partial charge is 0.311 e. The molecule has 0 fully saturated rings. The minimum Gasteiger partial charge on any atom is -0.481 e. The van der Waals surface area contributed by atoms with E-state index in [1.54, 1.807) is 12.2 Å². The highest BCUT2D eigenvalue weighted by atomic mass is 16.4. The normalized spacial score (nSPS) is 32.6. The van der Waals surface area contributed by atoms with Gasteiger partial charge in [-0.2, -0.15) is 0 Å². The van der Waals surface area contributed by atoms with E-state index in [1.807, 2.05) is 38.2 Å². The molecule has 70 valence electrons. The average Bonchev–Trinajstić information content (AvgIpc) is 2.04. The molecule has 0 bridgehead atoms. The monoisotopic (exact) mass is 178 g/mol. The van der Waals surface area contributed by atoms with E-state index in [9.17, 15) is 4.79 Å². The Bertz CT molecular complexity index is 286. The van der Waals surface area contributed by atoms with Crippen LogP contribution in [0.25, 0.3) is 0 Å². The number of carboxylic acid groups (broad SMARTS) is 1. The van der Waals surface area contributed by atoms with Crippen molar-refractivity contribution in [1.82, 2.24) is 0 Å². The maximum Gasteiger partial charge on any atom is 0.311 e. The lowest BCUT2D eigenvalue weighted by Crippen LogP contribution is -2.29. The van der Waals surface area contributed by atoms with Gasteiger partial charge in [-0.05, 0) is 6.92 Å². The zero-order valence-corrected chi connectivity index (χ0v) is 7.90. The number of hydrogen-bond acceptors (Lipinski definition) is 1. The van der Waals surface area contributed by atoms with Gasteiger partial charge in [-0.3, -0.25) is 4.79 Å². The maximum atomic E-state index is 10.9. The van der Waals surface area contributed by atoms with Crippen molar-refractivity contribution in [2.24, 2.45) is 11.3 Å². The summed E-state index contributed by atoms with van der Waals surface area (Å²) in [7, 11) is 0. The van der Waals surface area contributed by atoms with Crippen molar-refractivity contribution in [1.29, 1.82) is 0 Å². The molecular formula is C11H14O2. The highest BCUT2D eigenvalue weighted by Gasteiger charge is 2.33. The van der Waals surface area contributed by atoms with Crippen LogP contribution in [0.1, 0.15) is 13.8 Å². The highest BCUT2D eigenvalue weighted by Crippen LogP contribution is 2.34. The molecule has 0 radical (unpaired) electrons. The maximum absolute atomic E-state index is 10.9. The van der Waals surface area contributed by atoms with Crippen LogP contribution in [0, 0.1) is 11.3 Å². The molecule has 0 aromatic carbocycles. The summed E-state index contributed by atoms with van der Waals surface area (Å²) in [6, 6.07) is 0. The standard InChI is InChI=1S/C11H14O2/c1-3-7-11(2)8-5-4-6-9(11)10(12)13/h3-9H,1-2H3,(H,12,13)/b7-3+. The summed E-state index contributed by atoms with van der Waals surface area (Å²) in [5, 5.41) is 8.98. The van der Waals surface area contributed by atoms with E-state index in [2.05, 4.69) is 0 Å². The Kier molecular flexibility index (Phi) is 2.71. The Morgan fingerprint density at radius 3 is 2.77 bits per heavy atom. The van der Waals surface area contributed by atoms with E-state index in [1.165, 1.54) is 0 Å². The third-order valence-corrected chi connectivity index (χ3v) is 2.33. The SMILES string of the molecule is C/C=C/C1(C)C=CC=CC1C(=O)O. The van der Waals surface area contributed by atoms with Gasteiger partial charge < -0.3 is 5.11 Å². The molecular weight excluding hydrogens is 164 g/mol. The number of carboxylic acids is 1. The molecule has 2 heteroatoms. The predicted molar refractivity (Wildman–Crippen MR) is 52.3 cm³/mol. The van der Waals surface area contributed by atoms with E-state index < -0.39 is 11.9 Å². The van der Waals surface area contributed by atoms with Crippen molar-refractivity contribution in [2.75, 3.05) is 0 Å². The lowest BCUT2D eigenvalue weighted by atomic mass is 9.74. The first kappa shape index (κ1) is 9.78. The quantitative estimate of drug-likeness (QED) is 0.659. The largest absolute Gasteiger partial charge is 0.481 e. The molecule has 2 atom stereocenters. The molecule has 0 saturated heterocycles. The van der Waals surface area contributed by atoms with Gasteiger partial charge in [0.15, 0.2) is 0 Å².